The molecule has 0 radical (unpaired) electrons. The van der Waals surface area contributed by atoms with Crippen molar-refractivity contribution < 1.29 is 14.7 Å². The summed E-state index contributed by atoms with van der Waals surface area (Å²) in [4.78, 5) is 38.1. The maximum Gasteiger partial charge on any atom is 0.337 e. The third kappa shape index (κ3) is 3.65. The number of amides is 1. The molecule has 1 aliphatic heterocycles. The van der Waals surface area contributed by atoms with E-state index in [-0.39, 0.29) is 17.5 Å². The van der Waals surface area contributed by atoms with E-state index in [2.05, 4.69) is 15.0 Å². The monoisotopic (exact) mass is 340 g/mol. The highest BCUT2D eigenvalue weighted by Crippen LogP contribution is 2.30. The molecule has 2 aromatic heterocycles. The molecule has 0 saturated carbocycles. The Morgan fingerprint density at radius 2 is 2.00 bits per heavy atom. The van der Waals surface area contributed by atoms with Crippen molar-refractivity contribution in [3.8, 4) is 11.3 Å². The zero-order chi connectivity index (χ0) is 18.0. The molecular formula is C18H20N4O3. The number of nitrogens with zero attached hydrogens (tertiary/aromatic N) is 4. The van der Waals surface area contributed by atoms with Crippen molar-refractivity contribution >= 4 is 11.9 Å². The van der Waals surface area contributed by atoms with Crippen molar-refractivity contribution in [1.82, 2.24) is 19.9 Å². The van der Waals surface area contributed by atoms with Gasteiger partial charge in [-0.05, 0) is 38.3 Å². The minimum atomic E-state index is -1.03. The second-order valence-electron chi connectivity index (χ2n) is 6.24. The lowest BCUT2D eigenvalue weighted by Crippen LogP contribution is -2.37. The van der Waals surface area contributed by atoms with Gasteiger partial charge in [-0.25, -0.2) is 14.8 Å². The molecule has 1 atom stereocenters. The van der Waals surface area contributed by atoms with E-state index in [0.29, 0.717) is 23.6 Å². The second-order valence-corrected chi connectivity index (χ2v) is 6.24. The van der Waals surface area contributed by atoms with Gasteiger partial charge in [-0.2, -0.15) is 0 Å². The number of pyridine rings is 1. The van der Waals surface area contributed by atoms with Gasteiger partial charge >= 0.3 is 5.97 Å². The van der Waals surface area contributed by atoms with Crippen molar-refractivity contribution in [2.24, 2.45) is 0 Å². The van der Waals surface area contributed by atoms with Crippen LogP contribution >= 0.6 is 0 Å². The van der Waals surface area contributed by atoms with Crippen LogP contribution in [0.2, 0.25) is 0 Å². The first-order valence-electron chi connectivity index (χ1n) is 8.27. The summed E-state index contributed by atoms with van der Waals surface area (Å²) < 4.78 is 0. The van der Waals surface area contributed by atoms with Crippen molar-refractivity contribution in [3.63, 3.8) is 0 Å². The minimum absolute atomic E-state index is 0.0193. The Hall–Kier alpha value is -2.83. The smallest absolute Gasteiger partial charge is 0.337 e. The number of likely N-dealkylation sites (tertiary alicyclic amines) is 1. The molecule has 1 amide bonds. The highest BCUT2D eigenvalue weighted by atomic mass is 16.4. The van der Waals surface area contributed by atoms with E-state index >= 15 is 0 Å². The standard InChI is InChI=1S/C18H20N4O3/c1-11-7-15(13-8-14(18(24)25)10-19-9-13)21-17(20-11)16-5-3-4-6-22(16)12(2)23/h7-10,16H,3-6H2,1-2H3,(H,24,25)/t16-/m1/s1. The molecule has 0 aromatic carbocycles. The number of carbonyl (C=O) groups excluding carboxylic acids is 1. The van der Waals surface area contributed by atoms with Crippen LogP contribution in [0.15, 0.2) is 24.5 Å². The number of carboxylic acids is 1. The maximum absolute atomic E-state index is 11.9. The molecule has 0 bridgehead atoms. The summed E-state index contributed by atoms with van der Waals surface area (Å²) in [6.07, 6.45) is 5.73. The van der Waals surface area contributed by atoms with E-state index in [9.17, 15) is 9.59 Å². The maximum atomic E-state index is 11.9. The number of rotatable bonds is 3. The predicted octanol–water partition coefficient (Wildman–Crippen LogP) is 2.62. The number of carboxylic acid groups (broad SMARTS) is 1. The normalized spacial score (nSPS) is 17.4. The number of aromatic nitrogens is 3. The largest absolute Gasteiger partial charge is 0.478 e. The molecular weight excluding hydrogens is 320 g/mol. The Bertz CT molecular complexity index is 822. The molecule has 1 fully saturated rings. The van der Waals surface area contributed by atoms with Crippen molar-refractivity contribution in [3.05, 3.63) is 41.6 Å². The Morgan fingerprint density at radius 3 is 2.72 bits per heavy atom. The Morgan fingerprint density at radius 1 is 1.20 bits per heavy atom. The van der Waals surface area contributed by atoms with Crippen LogP contribution in [0, 0.1) is 6.92 Å². The highest BCUT2D eigenvalue weighted by molar-refractivity contribution is 5.88. The van der Waals surface area contributed by atoms with Gasteiger partial charge in [0.2, 0.25) is 5.91 Å². The first kappa shape index (κ1) is 17.0. The average molecular weight is 340 g/mol. The molecule has 1 saturated heterocycles. The van der Waals surface area contributed by atoms with Crippen LogP contribution in [0.1, 0.15) is 54.1 Å². The number of piperidine rings is 1. The quantitative estimate of drug-likeness (QED) is 0.922. The van der Waals surface area contributed by atoms with E-state index in [0.717, 1.165) is 25.0 Å². The average Bonchev–Trinajstić information content (AvgIpc) is 2.61. The summed E-state index contributed by atoms with van der Waals surface area (Å²) in [5.74, 6) is -0.410. The Labute approximate surface area is 145 Å². The lowest BCUT2D eigenvalue weighted by atomic mass is 10.0. The number of aromatic carboxylic acids is 1. The van der Waals surface area contributed by atoms with Crippen molar-refractivity contribution in [2.45, 2.75) is 39.2 Å². The van der Waals surface area contributed by atoms with Gasteiger partial charge in [0, 0.05) is 37.1 Å². The first-order chi connectivity index (χ1) is 12.0. The molecule has 7 nitrogen and oxygen atoms in total. The second kappa shape index (κ2) is 6.96. The molecule has 1 aliphatic rings. The fourth-order valence-electron chi connectivity index (χ4n) is 3.16. The SMILES string of the molecule is CC(=O)N1CCCC[C@@H]1c1nc(C)cc(-c2cncc(C(=O)O)c2)n1. The van der Waals surface area contributed by atoms with Gasteiger partial charge in [0.1, 0.15) is 0 Å². The number of carbonyl (C=O) groups is 2. The predicted molar refractivity (Wildman–Crippen MR) is 90.9 cm³/mol. The van der Waals surface area contributed by atoms with Crippen LogP contribution in [-0.2, 0) is 4.79 Å². The molecule has 130 valence electrons. The van der Waals surface area contributed by atoms with Crippen LogP contribution in [0.4, 0.5) is 0 Å². The van der Waals surface area contributed by atoms with E-state index in [1.54, 1.807) is 25.3 Å². The van der Waals surface area contributed by atoms with Crippen molar-refractivity contribution in [2.75, 3.05) is 6.54 Å². The fraction of sp³-hybridized carbons (Fsp3) is 0.389. The van der Waals surface area contributed by atoms with Crippen LogP contribution < -0.4 is 0 Å². The molecule has 3 heterocycles. The first-order valence-corrected chi connectivity index (χ1v) is 8.27. The van der Waals surface area contributed by atoms with Crippen LogP contribution in [0.5, 0.6) is 0 Å². The summed E-state index contributed by atoms with van der Waals surface area (Å²) in [5, 5.41) is 9.15. The van der Waals surface area contributed by atoms with Gasteiger partial charge in [0.25, 0.3) is 0 Å². The van der Waals surface area contributed by atoms with Gasteiger partial charge in [-0.3, -0.25) is 9.78 Å². The third-order valence-electron chi connectivity index (χ3n) is 4.36. The van der Waals surface area contributed by atoms with Gasteiger partial charge < -0.3 is 10.0 Å². The van der Waals surface area contributed by atoms with Crippen molar-refractivity contribution in [1.29, 1.82) is 0 Å². The molecule has 2 aromatic rings. The number of aryl methyl sites for hydroxylation is 1. The summed E-state index contributed by atoms with van der Waals surface area (Å²) >= 11 is 0. The number of hydrogen-bond acceptors (Lipinski definition) is 5. The molecule has 1 N–H and O–H groups in total. The summed E-state index contributed by atoms with van der Waals surface area (Å²) in [7, 11) is 0. The zero-order valence-corrected chi connectivity index (χ0v) is 14.3. The molecule has 7 heteroatoms. The Kier molecular flexibility index (Phi) is 4.74. The van der Waals surface area contributed by atoms with Crippen LogP contribution in [0.3, 0.4) is 0 Å². The third-order valence-corrected chi connectivity index (χ3v) is 4.36. The summed E-state index contributed by atoms with van der Waals surface area (Å²) in [5.41, 5.74) is 2.12. The Balaban J connectivity index is 2.02. The fourth-order valence-corrected chi connectivity index (χ4v) is 3.16. The van der Waals surface area contributed by atoms with E-state index in [1.165, 1.54) is 6.20 Å². The van der Waals surface area contributed by atoms with Gasteiger partial charge in [-0.1, -0.05) is 0 Å². The molecule has 0 spiro atoms. The van der Waals surface area contributed by atoms with Gasteiger partial charge in [0.05, 0.1) is 17.3 Å². The van der Waals surface area contributed by atoms with E-state index in [1.807, 2.05) is 11.8 Å². The van der Waals surface area contributed by atoms with Gasteiger partial charge in [-0.15, -0.1) is 0 Å². The topological polar surface area (TPSA) is 96.3 Å². The summed E-state index contributed by atoms with van der Waals surface area (Å²) in [6.45, 7) is 4.14. The molecule has 25 heavy (non-hydrogen) atoms. The van der Waals surface area contributed by atoms with E-state index in [4.69, 9.17) is 5.11 Å². The lowest BCUT2D eigenvalue weighted by molar-refractivity contribution is -0.132. The number of hydrogen-bond donors (Lipinski definition) is 1. The molecule has 3 rings (SSSR count). The zero-order valence-electron chi connectivity index (χ0n) is 14.3. The van der Waals surface area contributed by atoms with Gasteiger partial charge in [0.15, 0.2) is 5.82 Å². The van der Waals surface area contributed by atoms with Crippen LogP contribution in [0.25, 0.3) is 11.3 Å². The minimum Gasteiger partial charge on any atom is -0.478 e. The van der Waals surface area contributed by atoms with Crippen LogP contribution in [-0.4, -0.2) is 43.4 Å². The lowest BCUT2D eigenvalue weighted by Gasteiger charge is -2.34. The summed E-state index contributed by atoms with van der Waals surface area (Å²) in [6, 6.07) is 3.21. The highest BCUT2D eigenvalue weighted by Gasteiger charge is 2.28. The van der Waals surface area contributed by atoms with E-state index < -0.39 is 5.97 Å². The molecule has 0 aliphatic carbocycles. The molecule has 0 unspecified atom stereocenters.